The molecule has 2 aromatic rings. The van der Waals surface area contributed by atoms with Crippen LogP contribution in [0.3, 0.4) is 0 Å². The highest BCUT2D eigenvalue weighted by Crippen LogP contribution is 2.26. The molecule has 1 aromatic heterocycles. The van der Waals surface area contributed by atoms with Gasteiger partial charge >= 0.3 is 0 Å². The number of aromatic nitrogens is 2. The first-order valence-electron chi connectivity index (χ1n) is 6.07. The molecule has 0 bridgehead atoms. The van der Waals surface area contributed by atoms with Crippen LogP contribution in [0.15, 0.2) is 12.1 Å². The standard InChI is InChI=1S/C13H16ClFN2O2/c1-3-19-5-4-17-11-7-12(18-2)9(15)6-10(11)16-13(17)8-14/h6-7H,3-5,8H2,1-2H3. The monoisotopic (exact) mass is 286 g/mol. The minimum atomic E-state index is -0.425. The van der Waals surface area contributed by atoms with Crippen LogP contribution in [-0.2, 0) is 17.2 Å². The predicted molar refractivity (Wildman–Crippen MR) is 72.3 cm³/mol. The Labute approximate surface area is 116 Å². The van der Waals surface area contributed by atoms with Crippen LogP contribution in [0.2, 0.25) is 0 Å². The number of imidazole rings is 1. The molecule has 4 nitrogen and oxygen atoms in total. The highest BCUT2D eigenvalue weighted by molar-refractivity contribution is 6.16. The number of ether oxygens (including phenoxy) is 2. The lowest BCUT2D eigenvalue weighted by molar-refractivity contribution is 0.139. The quantitative estimate of drug-likeness (QED) is 0.605. The number of methoxy groups -OCH3 is 1. The molecule has 0 aliphatic rings. The normalized spacial score (nSPS) is 11.2. The lowest BCUT2D eigenvalue weighted by Crippen LogP contribution is -2.08. The van der Waals surface area contributed by atoms with Crippen LogP contribution in [0.25, 0.3) is 11.0 Å². The van der Waals surface area contributed by atoms with Crippen LogP contribution in [0, 0.1) is 5.82 Å². The summed E-state index contributed by atoms with van der Waals surface area (Å²) in [5.74, 6) is 0.742. The number of rotatable bonds is 6. The van der Waals surface area contributed by atoms with E-state index >= 15 is 0 Å². The molecule has 0 fully saturated rings. The highest BCUT2D eigenvalue weighted by atomic mass is 35.5. The first kappa shape index (κ1) is 14.1. The van der Waals surface area contributed by atoms with E-state index in [1.54, 1.807) is 6.07 Å². The fourth-order valence-electron chi connectivity index (χ4n) is 1.98. The van der Waals surface area contributed by atoms with Gasteiger partial charge in [-0.05, 0) is 6.92 Å². The molecule has 104 valence electrons. The summed E-state index contributed by atoms with van der Waals surface area (Å²) in [5.41, 5.74) is 1.37. The van der Waals surface area contributed by atoms with Crippen molar-refractivity contribution >= 4 is 22.6 Å². The van der Waals surface area contributed by atoms with Crippen LogP contribution in [0.5, 0.6) is 5.75 Å². The maximum atomic E-state index is 13.6. The van der Waals surface area contributed by atoms with Crippen molar-refractivity contribution in [3.05, 3.63) is 23.8 Å². The summed E-state index contributed by atoms with van der Waals surface area (Å²) in [4.78, 5) is 4.33. The number of benzene rings is 1. The van der Waals surface area contributed by atoms with E-state index in [1.807, 2.05) is 11.5 Å². The fraction of sp³-hybridized carbons (Fsp3) is 0.462. The molecule has 1 heterocycles. The Morgan fingerprint density at radius 1 is 1.42 bits per heavy atom. The van der Waals surface area contributed by atoms with Gasteiger partial charge in [0, 0.05) is 25.3 Å². The first-order chi connectivity index (χ1) is 9.21. The summed E-state index contributed by atoms with van der Waals surface area (Å²) in [5, 5.41) is 0. The third-order valence-corrected chi connectivity index (χ3v) is 3.12. The molecule has 19 heavy (non-hydrogen) atoms. The van der Waals surface area contributed by atoms with Gasteiger partial charge in [-0.25, -0.2) is 9.37 Å². The summed E-state index contributed by atoms with van der Waals surface area (Å²) < 4.78 is 25.9. The maximum absolute atomic E-state index is 13.6. The number of hydrogen-bond donors (Lipinski definition) is 0. The average Bonchev–Trinajstić information content (AvgIpc) is 2.75. The number of fused-ring (bicyclic) bond motifs is 1. The third kappa shape index (κ3) is 2.82. The van der Waals surface area contributed by atoms with Crippen LogP contribution < -0.4 is 4.74 Å². The van der Waals surface area contributed by atoms with E-state index in [4.69, 9.17) is 21.1 Å². The number of alkyl halides is 1. The summed E-state index contributed by atoms with van der Waals surface area (Å²) in [6, 6.07) is 3.00. The molecule has 0 saturated carbocycles. The minimum Gasteiger partial charge on any atom is -0.494 e. The van der Waals surface area contributed by atoms with Crippen molar-refractivity contribution in [1.82, 2.24) is 9.55 Å². The molecular formula is C13H16ClFN2O2. The second-order valence-electron chi connectivity index (χ2n) is 3.99. The highest BCUT2D eigenvalue weighted by Gasteiger charge is 2.14. The van der Waals surface area contributed by atoms with Gasteiger partial charge in [-0.3, -0.25) is 0 Å². The first-order valence-corrected chi connectivity index (χ1v) is 6.61. The molecule has 1 aromatic carbocycles. The van der Waals surface area contributed by atoms with Crippen molar-refractivity contribution < 1.29 is 13.9 Å². The third-order valence-electron chi connectivity index (χ3n) is 2.88. The van der Waals surface area contributed by atoms with Crippen molar-refractivity contribution in [1.29, 1.82) is 0 Å². The average molecular weight is 287 g/mol. The molecule has 0 radical (unpaired) electrons. The van der Waals surface area contributed by atoms with Crippen LogP contribution >= 0.6 is 11.6 Å². The van der Waals surface area contributed by atoms with Gasteiger partial charge in [0.2, 0.25) is 0 Å². The van der Waals surface area contributed by atoms with Crippen LogP contribution in [0.4, 0.5) is 4.39 Å². The van der Waals surface area contributed by atoms with Gasteiger partial charge in [0.1, 0.15) is 5.82 Å². The maximum Gasteiger partial charge on any atom is 0.167 e. The zero-order chi connectivity index (χ0) is 13.8. The lowest BCUT2D eigenvalue weighted by atomic mass is 10.3. The Hall–Kier alpha value is -1.33. The van der Waals surface area contributed by atoms with Crippen molar-refractivity contribution in [3.8, 4) is 5.75 Å². The number of hydrogen-bond acceptors (Lipinski definition) is 3. The van der Waals surface area contributed by atoms with E-state index in [0.29, 0.717) is 31.1 Å². The molecule has 2 rings (SSSR count). The molecule has 0 unspecified atom stereocenters. The summed E-state index contributed by atoms with van der Waals surface area (Å²) in [7, 11) is 1.44. The van der Waals surface area contributed by atoms with Gasteiger partial charge in [-0.1, -0.05) is 0 Å². The van der Waals surface area contributed by atoms with E-state index < -0.39 is 5.82 Å². The summed E-state index contributed by atoms with van der Waals surface area (Å²) in [6.07, 6.45) is 0. The van der Waals surface area contributed by atoms with E-state index in [1.165, 1.54) is 13.2 Å². The smallest absolute Gasteiger partial charge is 0.167 e. The van der Waals surface area contributed by atoms with Crippen molar-refractivity contribution in [2.24, 2.45) is 0 Å². The lowest BCUT2D eigenvalue weighted by Gasteiger charge is -2.08. The fourth-order valence-corrected chi connectivity index (χ4v) is 2.19. The van der Waals surface area contributed by atoms with Gasteiger partial charge < -0.3 is 14.0 Å². The van der Waals surface area contributed by atoms with E-state index in [-0.39, 0.29) is 11.6 Å². The minimum absolute atomic E-state index is 0.200. The molecular weight excluding hydrogens is 271 g/mol. The van der Waals surface area contributed by atoms with E-state index in [0.717, 1.165) is 5.52 Å². The summed E-state index contributed by atoms with van der Waals surface area (Å²) in [6.45, 7) is 3.78. The van der Waals surface area contributed by atoms with Gasteiger partial charge in [0.05, 0.1) is 30.6 Å². The molecule has 6 heteroatoms. The van der Waals surface area contributed by atoms with Crippen LogP contribution in [0.1, 0.15) is 12.7 Å². The summed E-state index contributed by atoms with van der Waals surface area (Å²) >= 11 is 5.88. The molecule has 0 amide bonds. The zero-order valence-corrected chi connectivity index (χ0v) is 11.7. The second kappa shape index (κ2) is 6.21. The Morgan fingerprint density at radius 3 is 2.84 bits per heavy atom. The van der Waals surface area contributed by atoms with Crippen molar-refractivity contribution in [2.75, 3.05) is 20.3 Å². The molecule has 0 atom stereocenters. The van der Waals surface area contributed by atoms with E-state index in [2.05, 4.69) is 4.98 Å². The van der Waals surface area contributed by atoms with Gasteiger partial charge in [-0.2, -0.15) is 0 Å². The Morgan fingerprint density at radius 2 is 2.21 bits per heavy atom. The molecule has 0 aliphatic heterocycles. The van der Waals surface area contributed by atoms with Crippen molar-refractivity contribution in [2.45, 2.75) is 19.3 Å². The van der Waals surface area contributed by atoms with Crippen molar-refractivity contribution in [3.63, 3.8) is 0 Å². The SMILES string of the molecule is CCOCCn1c(CCl)nc2cc(F)c(OC)cc21. The zero-order valence-electron chi connectivity index (χ0n) is 10.9. The van der Waals surface area contributed by atoms with Gasteiger partial charge in [0.15, 0.2) is 11.6 Å². The second-order valence-corrected chi connectivity index (χ2v) is 4.25. The predicted octanol–water partition coefficient (Wildman–Crippen LogP) is 2.96. The molecule has 0 aliphatic carbocycles. The molecule has 0 saturated heterocycles. The number of nitrogens with zero attached hydrogens (tertiary/aromatic N) is 2. The molecule has 0 spiro atoms. The number of halogens is 2. The van der Waals surface area contributed by atoms with Gasteiger partial charge in [0.25, 0.3) is 0 Å². The Kier molecular flexibility index (Phi) is 4.61. The largest absolute Gasteiger partial charge is 0.494 e. The van der Waals surface area contributed by atoms with Crippen LogP contribution in [-0.4, -0.2) is 29.9 Å². The van der Waals surface area contributed by atoms with E-state index in [9.17, 15) is 4.39 Å². The Bertz CT molecular complexity index is 571. The van der Waals surface area contributed by atoms with Gasteiger partial charge in [-0.15, -0.1) is 11.6 Å². The molecule has 0 N–H and O–H groups in total. The topological polar surface area (TPSA) is 36.3 Å². The Balaban J connectivity index is 2.45.